The molecule has 5 nitrogen and oxygen atoms in total. The number of nitrogens with zero attached hydrogens (tertiary/aromatic N) is 3. The summed E-state index contributed by atoms with van der Waals surface area (Å²) in [5.41, 5.74) is 2.82. The fourth-order valence-corrected chi connectivity index (χ4v) is 7.57. The third kappa shape index (κ3) is 4.16. The summed E-state index contributed by atoms with van der Waals surface area (Å²) in [5, 5.41) is 3.12. The van der Waals surface area contributed by atoms with Crippen LogP contribution in [0, 0.1) is 34.8 Å². The largest absolute Gasteiger partial charge is 0.310 e. The zero-order chi connectivity index (χ0) is 22.6. The van der Waals surface area contributed by atoms with Gasteiger partial charge >= 0.3 is 0 Å². The van der Waals surface area contributed by atoms with Gasteiger partial charge < -0.3 is 5.32 Å². The Morgan fingerprint density at radius 1 is 1.06 bits per heavy atom. The first kappa shape index (κ1) is 21.1. The molecule has 2 heterocycles. The minimum absolute atomic E-state index is 0.0852. The molecule has 4 saturated carbocycles. The van der Waals surface area contributed by atoms with E-state index in [2.05, 4.69) is 20.2 Å². The van der Waals surface area contributed by atoms with Crippen molar-refractivity contribution in [1.29, 1.82) is 0 Å². The summed E-state index contributed by atoms with van der Waals surface area (Å²) in [7, 11) is 0. The fraction of sp³-hybridized carbons (Fsp3) is 0.577. The maximum Gasteiger partial charge on any atom is 0.226 e. The summed E-state index contributed by atoms with van der Waals surface area (Å²) in [6, 6.07) is 4.03. The molecule has 7 heteroatoms. The van der Waals surface area contributed by atoms with Gasteiger partial charge in [-0.2, -0.15) is 0 Å². The van der Waals surface area contributed by atoms with Crippen LogP contribution in [-0.4, -0.2) is 27.3 Å². The number of fused-ring (bicyclic) bond motifs is 1. The summed E-state index contributed by atoms with van der Waals surface area (Å²) < 4.78 is 26.8. The van der Waals surface area contributed by atoms with E-state index in [1.807, 2.05) is 0 Å². The van der Waals surface area contributed by atoms with Crippen LogP contribution in [0.3, 0.4) is 0 Å². The van der Waals surface area contributed by atoms with E-state index in [4.69, 9.17) is 0 Å². The minimum atomic E-state index is -0.829. The Bertz CT molecular complexity index is 1050. The zero-order valence-electron chi connectivity index (χ0n) is 18.8. The molecule has 5 aliphatic rings. The highest BCUT2D eigenvalue weighted by atomic mass is 19.2. The van der Waals surface area contributed by atoms with Crippen molar-refractivity contribution in [2.75, 3.05) is 11.9 Å². The lowest BCUT2D eigenvalue weighted by Gasteiger charge is -2.56. The quantitative estimate of drug-likeness (QED) is 0.704. The Hall–Kier alpha value is -2.41. The Balaban J connectivity index is 1.12. The number of carbonyl (C=O) groups is 1. The van der Waals surface area contributed by atoms with Crippen LogP contribution in [0.1, 0.15) is 61.8 Å². The highest BCUT2D eigenvalue weighted by molar-refractivity contribution is 5.91. The van der Waals surface area contributed by atoms with E-state index < -0.39 is 11.6 Å². The number of hydrogen-bond acceptors (Lipinski definition) is 4. The van der Waals surface area contributed by atoms with Crippen molar-refractivity contribution < 1.29 is 13.6 Å². The van der Waals surface area contributed by atoms with Crippen LogP contribution in [0.15, 0.2) is 24.5 Å². The predicted molar refractivity (Wildman–Crippen MR) is 120 cm³/mol. The molecule has 1 aromatic carbocycles. The maximum atomic E-state index is 13.6. The molecule has 0 atom stereocenters. The number of carbonyl (C=O) groups excluding carboxylic acids is 1. The molecule has 0 radical (unpaired) electrons. The molecule has 4 fully saturated rings. The maximum absolute atomic E-state index is 13.6. The molecule has 1 amide bonds. The number of aromatic nitrogens is 2. The Morgan fingerprint density at radius 2 is 1.79 bits per heavy atom. The van der Waals surface area contributed by atoms with Crippen LogP contribution in [-0.2, 0) is 24.3 Å². The van der Waals surface area contributed by atoms with Crippen LogP contribution in [0.4, 0.5) is 14.6 Å². The van der Waals surface area contributed by atoms with E-state index >= 15 is 0 Å². The molecule has 0 saturated heterocycles. The molecular formula is C26H30F2N4O. The van der Waals surface area contributed by atoms with Gasteiger partial charge in [0.05, 0.1) is 5.69 Å². The second-order valence-corrected chi connectivity index (χ2v) is 11.0. The summed E-state index contributed by atoms with van der Waals surface area (Å²) >= 11 is 0. The first-order chi connectivity index (χ1) is 15.9. The van der Waals surface area contributed by atoms with Gasteiger partial charge in [0.2, 0.25) is 5.91 Å². The minimum Gasteiger partial charge on any atom is -0.310 e. The van der Waals surface area contributed by atoms with Crippen LogP contribution in [0.5, 0.6) is 0 Å². The standard InChI is InChI=1S/C26H30F2N4O/c27-21-2-1-16(8-22(21)28)13-32-4-3-20-23(14-32)29-15-30-25(20)31-24(33)12-26-9-17-5-18(10-26)7-19(6-17)11-26/h1-2,8,15,17-19H,3-7,9-14H2,(H,29,30,31,33). The third-order valence-corrected chi connectivity index (χ3v) is 8.43. The number of nitrogens with one attached hydrogen (secondary N) is 1. The number of anilines is 1. The van der Waals surface area contributed by atoms with Crippen LogP contribution < -0.4 is 5.32 Å². The van der Waals surface area contributed by atoms with E-state index in [-0.39, 0.29) is 11.3 Å². The lowest BCUT2D eigenvalue weighted by molar-refractivity contribution is -0.124. The van der Waals surface area contributed by atoms with Gasteiger partial charge in [0, 0.05) is 31.6 Å². The molecule has 1 aliphatic heterocycles. The lowest BCUT2D eigenvalue weighted by Crippen LogP contribution is -2.47. The van der Waals surface area contributed by atoms with Crippen molar-refractivity contribution in [3.8, 4) is 0 Å². The topological polar surface area (TPSA) is 58.1 Å². The number of rotatable bonds is 5. The molecule has 174 valence electrons. The summed E-state index contributed by atoms with van der Waals surface area (Å²) in [6.45, 7) is 1.86. The first-order valence-corrected chi connectivity index (χ1v) is 12.2. The molecule has 1 aromatic heterocycles. The Labute approximate surface area is 193 Å². The summed E-state index contributed by atoms with van der Waals surface area (Å²) in [4.78, 5) is 24.1. The van der Waals surface area contributed by atoms with E-state index in [0.29, 0.717) is 31.7 Å². The smallest absolute Gasteiger partial charge is 0.226 e. The molecule has 2 aromatic rings. The highest BCUT2D eigenvalue weighted by Crippen LogP contribution is 2.61. The van der Waals surface area contributed by atoms with Crippen molar-refractivity contribution in [3.05, 3.63) is 53.0 Å². The number of amides is 1. The predicted octanol–water partition coefficient (Wildman–Crippen LogP) is 4.86. The average Bonchev–Trinajstić information content (AvgIpc) is 2.75. The van der Waals surface area contributed by atoms with Gasteiger partial charge in [0.15, 0.2) is 11.6 Å². The Kier molecular flexibility index (Phi) is 5.20. The highest BCUT2D eigenvalue weighted by Gasteiger charge is 2.51. The van der Waals surface area contributed by atoms with Gasteiger partial charge in [-0.05, 0) is 85.8 Å². The number of benzene rings is 1. The van der Waals surface area contributed by atoms with Crippen molar-refractivity contribution >= 4 is 11.7 Å². The molecule has 33 heavy (non-hydrogen) atoms. The van der Waals surface area contributed by atoms with E-state index in [0.717, 1.165) is 41.1 Å². The molecule has 0 unspecified atom stereocenters. The van der Waals surface area contributed by atoms with Crippen LogP contribution >= 0.6 is 0 Å². The van der Waals surface area contributed by atoms with Gasteiger partial charge in [-0.25, -0.2) is 18.7 Å². The van der Waals surface area contributed by atoms with Crippen molar-refractivity contribution in [2.45, 2.75) is 64.5 Å². The van der Waals surface area contributed by atoms with E-state index in [1.54, 1.807) is 6.07 Å². The molecule has 4 aliphatic carbocycles. The number of halogens is 2. The van der Waals surface area contributed by atoms with Crippen molar-refractivity contribution in [3.63, 3.8) is 0 Å². The van der Waals surface area contributed by atoms with Gasteiger partial charge in [-0.1, -0.05) is 6.07 Å². The molecule has 0 spiro atoms. The first-order valence-electron chi connectivity index (χ1n) is 12.2. The Morgan fingerprint density at radius 3 is 2.48 bits per heavy atom. The molecule has 4 bridgehead atoms. The van der Waals surface area contributed by atoms with Crippen LogP contribution in [0.2, 0.25) is 0 Å². The van der Waals surface area contributed by atoms with E-state index in [9.17, 15) is 13.6 Å². The SMILES string of the molecule is O=C(CC12CC3CC(CC(C3)C1)C2)Nc1ncnc2c1CCN(Cc1ccc(F)c(F)c1)C2. The number of hydrogen-bond donors (Lipinski definition) is 1. The fourth-order valence-electron chi connectivity index (χ4n) is 7.57. The lowest BCUT2D eigenvalue weighted by atomic mass is 9.49. The molecular weight excluding hydrogens is 422 g/mol. The van der Waals surface area contributed by atoms with Crippen molar-refractivity contribution in [2.24, 2.45) is 23.2 Å². The van der Waals surface area contributed by atoms with E-state index in [1.165, 1.54) is 57.0 Å². The van der Waals surface area contributed by atoms with Gasteiger partial charge in [0.25, 0.3) is 0 Å². The average molecular weight is 453 g/mol. The van der Waals surface area contributed by atoms with Gasteiger partial charge in [0.1, 0.15) is 12.1 Å². The zero-order valence-corrected chi connectivity index (χ0v) is 18.8. The summed E-state index contributed by atoms with van der Waals surface area (Å²) in [6.07, 6.45) is 10.6. The molecule has 1 N–H and O–H groups in total. The van der Waals surface area contributed by atoms with Crippen molar-refractivity contribution in [1.82, 2.24) is 14.9 Å². The van der Waals surface area contributed by atoms with Gasteiger partial charge in [-0.3, -0.25) is 9.69 Å². The second-order valence-electron chi connectivity index (χ2n) is 11.0. The second kappa shape index (κ2) is 8.12. The van der Waals surface area contributed by atoms with Crippen LogP contribution in [0.25, 0.3) is 0 Å². The normalized spacial score (nSPS) is 30.3. The summed E-state index contributed by atoms with van der Waals surface area (Å²) in [5.74, 6) is 1.56. The molecule has 7 rings (SSSR count). The third-order valence-electron chi connectivity index (χ3n) is 8.43. The monoisotopic (exact) mass is 452 g/mol. The van der Waals surface area contributed by atoms with Gasteiger partial charge in [-0.15, -0.1) is 0 Å².